The van der Waals surface area contributed by atoms with Crippen LogP contribution in [-0.4, -0.2) is 35.8 Å². The van der Waals surface area contributed by atoms with Crippen LogP contribution in [0.25, 0.3) is 11.0 Å². The highest BCUT2D eigenvalue weighted by Gasteiger charge is 2.33. The summed E-state index contributed by atoms with van der Waals surface area (Å²) in [5.74, 6) is -0.514. The smallest absolute Gasteiger partial charge is 0.341 e. The number of nitrogens with zero attached hydrogens (tertiary/aromatic N) is 1. The predicted octanol–water partition coefficient (Wildman–Crippen LogP) is 0.359. The number of rotatable bonds is 4. The van der Waals surface area contributed by atoms with Gasteiger partial charge in [-0.15, -0.1) is 0 Å². The standard InChI is InChI=1S/C17H19N3O4/c18-9-15(21)20-7-3-5-13(20)16(22)19-10-12-8-11-4-1-2-6-14(11)24-17(12)23/h1-2,4,6,8,13H,3,5,7,9-10,18H2,(H,19,22)/t13-/m0/s1. The van der Waals surface area contributed by atoms with Crippen molar-refractivity contribution in [3.8, 4) is 0 Å². The number of carbonyl (C=O) groups is 2. The summed E-state index contributed by atoms with van der Waals surface area (Å²) in [5, 5.41) is 3.52. The minimum atomic E-state index is -0.520. The van der Waals surface area contributed by atoms with Crippen molar-refractivity contribution in [2.45, 2.75) is 25.4 Å². The molecule has 1 aliphatic rings. The second-order valence-electron chi connectivity index (χ2n) is 5.76. The molecule has 2 amide bonds. The fourth-order valence-corrected chi connectivity index (χ4v) is 2.98. The molecule has 3 N–H and O–H groups in total. The molecule has 0 aliphatic carbocycles. The van der Waals surface area contributed by atoms with Crippen LogP contribution in [0.4, 0.5) is 0 Å². The van der Waals surface area contributed by atoms with Gasteiger partial charge in [0.05, 0.1) is 18.7 Å². The highest BCUT2D eigenvalue weighted by Crippen LogP contribution is 2.17. The number of nitrogens with one attached hydrogen (secondary N) is 1. The Kier molecular flexibility index (Phi) is 4.61. The summed E-state index contributed by atoms with van der Waals surface area (Å²) in [6.07, 6.45) is 1.37. The average molecular weight is 329 g/mol. The highest BCUT2D eigenvalue weighted by atomic mass is 16.4. The third kappa shape index (κ3) is 3.16. The Hall–Kier alpha value is -2.67. The maximum absolute atomic E-state index is 12.3. The van der Waals surface area contributed by atoms with Crippen LogP contribution in [0.5, 0.6) is 0 Å². The summed E-state index contributed by atoms with van der Waals surface area (Å²) in [5.41, 5.74) is 5.78. The normalized spacial score (nSPS) is 17.2. The van der Waals surface area contributed by atoms with E-state index >= 15 is 0 Å². The number of hydrogen-bond donors (Lipinski definition) is 2. The van der Waals surface area contributed by atoms with Gasteiger partial charge in [-0.2, -0.15) is 0 Å². The van der Waals surface area contributed by atoms with Crippen LogP contribution in [0.15, 0.2) is 39.5 Å². The first kappa shape index (κ1) is 16.2. The van der Waals surface area contributed by atoms with Crippen molar-refractivity contribution in [2.24, 2.45) is 5.73 Å². The van der Waals surface area contributed by atoms with Crippen molar-refractivity contribution >= 4 is 22.8 Å². The minimum Gasteiger partial charge on any atom is -0.422 e. The summed E-state index contributed by atoms with van der Waals surface area (Å²) >= 11 is 0. The fourth-order valence-electron chi connectivity index (χ4n) is 2.98. The first-order chi connectivity index (χ1) is 11.6. The van der Waals surface area contributed by atoms with E-state index in [-0.39, 0.29) is 24.9 Å². The van der Waals surface area contributed by atoms with Crippen LogP contribution in [0.3, 0.4) is 0 Å². The first-order valence-corrected chi connectivity index (χ1v) is 7.89. The molecule has 1 fully saturated rings. The summed E-state index contributed by atoms with van der Waals surface area (Å²) in [6, 6.07) is 8.37. The molecule has 1 saturated heterocycles. The van der Waals surface area contributed by atoms with Crippen LogP contribution in [-0.2, 0) is 16.1 Å². The largest absolute Gasteiger partial charge is 0.422 e. The van der Waals surface area contributed by atoms with E-state index in [1.807, 2.05) is 12.1 Å². The average Bonchev–Trinajstić information content (AvgIpc) is 3.08. The number of carbonyl (C=O) groups excluding carboxylic acids is 2. The lowest BCUT2D eigenvalue weighted by molar-refractivity contribution is -0.137. The number of amides is 2. The molecule has 7 heteroatoms. The lowest BCUT2D eigenvalue weighted by Gasteiger charge is -2.23. The van der Waals surface area contributed by atoms with Gasteiger partial charge in [-0.1, -0.05) is 18.2 Å². The maximum Gasteiger partial charge on any atom is 0.341 e. The number of likely N-dealkylation sites (tertiary alicyclic amines) is 1. The van der Waals surface area contributed by atoms with Crippen molar-refractivity contribution in [3.05, 3.63) is 46.3 Å². The van der Waals surface area contributed by atoms with Crippen molar-refractivity contribution in [1.29, 1.82) is 0 Å². The molecule has 0 saturated carbocycles. The summed E-state index contributed by atoms with van der Waals surface area (Å²) in [7, 11) is 0. The zero-order valence-electron chi connectivity index (χ0n) is 13.2. The zero-order valence-corrected chi connectivity index (χ0v) is 13.2. The van der Waals surface area contributed by atoms with E-state index in [1.54, 1.807) is 18.2 Å². The molecule has 1 aromatic carbocycles. The Balaban J connectivity index is 1.71. The lowest BCUT2D eigenvalue weighted by atomic mass is 10.1. The predicted molar refractivity (Wildman–Crippen MR) is 88.1 cm³/mol. The van der Waals surface area contributed by atoms with E-state index in [1.165, 1.54) is 4.90 Å². The van der Waals surface area contributed by atoms with Gasteiger partial charge in [0, 0.05) is 11.9 Å². The van der Waals surface area contributed by atoms with Gasteiger partial charge < -0.3 is 20.4 Å². The zero-order chi connectivity index (χ0) is 17.1. The highest BCUT2D eigenvalue weighted by molar-refractivity contribution is 5.89. The van der Waals surface area contributed by atoms with E-state index in [2.05, 4.69) is 5.32 Å². The molecule has 1 atom stereocenters. The van der Waals surface area contributed by atoms with Crippen LogP contribution in [0, 0.1) is 0 Å². The Bertz CT molecular complexity index is 830. The van der Waals surface area contributed by atoms with Gasteiger partial charge in [-0.25, -0.2) is 4.79 Å². The van der Waals surface area contributed by atoms with Gasteiger partial charge in [0.2, 0.25) is 11.8 Å². The third-order valence-corrected chi connectivity index (χ3v) is 4.22. The van der Waals surface area contributed by atoms with E-state index in [0.717, 1.165) is 11.8 Å². The molecule has 24 heavy (non-hydrogen) atoms. The molecule has 1 aliphatic heterocycles. The molecule has 0 radical (unpaired) electrons. The second-order valence-corrected chi connectivity index (χ2v) is 5.76. The van der Waals surface area contributed by atoms with Crippen LogP contribution >= 0.6 is 0 Å². The summed E-state index contributed by atoms with van der Waals surface area (Å²) < 4.78 is 5.24. The fraction of sp³-hybridized carbons (Fsp3) is 0.353. The van der Waals surface area contributed by atoms with Crippen molar-refractivity contribution in [3.63, 3.8) is 0 Å². The van der Waals surface area contributed by atoms with Gasteiger partial charge >= 0.3 is 5.63 Å². The van der Waals surface area contributed by atoms with E-state index in [0.29, 0.717) is 24.1 Å². The van der Waals surface area contributed by atoms with Crippen molar-refractivity contribution < 1.29 is 14.0 Å². The van der Waals surface area contributed by atoms with E-state index in [4.69, 9.17) is 10.2 Å². The second kappa shape index (κ2) is 6.84. The molecule has 3 rings (SSSR count). The monoisotopic (exact) mass is 329 g/mol. The SMILES string of the molecule is NCC(=O)N1CCC[C@H]1C(=O)NCc1cc2ccccc2oc1=O. The van der Waals surface area contributed by atoms with Gasteiger partial charge in [0.15, 0.2) is 0 Å². The Morgan fingerprint density at radius 2 is 2.12 bits per heavy atom. The first-order valence-electron chi connectivity index (χ1n) is 7.89. The van der Waals surface area contributed by atoms with Crippen LogP contribution < -0.4 is 16.7 Å². The van der Waals surface area contributed by atoms with Crippen molar-refractivity contribution in [1.82, 2.24) is 10.2 Å². The number of para-hydroxylation sites is 1. The Morgan fingerprint density at radius 3 is 2.92 bits per heavy atom. The maximum atomic E-state index is 12.3. The third-order valence-electron chi connectivity index (χ3n) is 4.22. The molecule has 2 aromatic rings. The number of benzene rings is 1. The quantitative estimate of drug-likeness (QED) is 0.788. The number of hydrogen-bond acceptors (Lipinski definition) is 5. The van der Waals surface area contributed by atoms with Crippen LogP contribution in [0.2, 0.25) is 0 Å². The molecule has 126 valence electrons. The number of nitrogens with two attached hydrogens (primary N) is 1. The van der Waals surface area contributed by atoms with Gasteiger partial charge in [-0.3, -0.25) is 9.59 Å². The lowest BCUT2D eigenvalue weighted by Crippen LogP contribution is -2.47. The Morgan fingerprint density at radius 1 is 1.33 bits per heavy atom. The molecule has 0 unspecified atom stereocenters. The van der Waals surface area contributed by atoms with Crippen molar-refractivity contribution in [2.75, 3.05) is 13.1 Å². The minimum absolute atomic E-state index is 0.0627. The van der Waals surface area contributed by atoms with Gasteiger partial charge in [0.1, 0.15) is 11.6 Å². The van der Waals surface area contributed by atoms with E-state index < -0.39 is 11.7 Å². The summed E-state index contributed by atoms with van der Waals surface area (Å²) in [6.45, 7) is 0.484. The molecule has 0 spiro atoms. The molecule has 1 aromatic heterocycles. The molecule has 0 bridgehead atoms. The number of fused-ring (bicyclic) bond motifs is 1. The van der Waals surface area contributed by atoms with Crippen LogP contribution in [0.1, 0.15) is 18.4 Å². The topological polar surface area (TPSA) is 106 Å². The Labute approximate surface area is 138 Å². The summed E-state index contributed by atoms with van der Waals surface area (Å²) in [4.78, 5) is 37.6. The molecule has 2 heterocycles. The van der Waals surface area contributed by atoms with Gasteiger partial charge in [0.25, 0.3) is 0 Å². The molecular weight excluding hydrogens is 310 g/mol. The van der Waals surface area contributed by atoms with E-state index in [9.17, 15) is 14.4 Å². The molecular formula is C17H19N3O4. The molecule has 7 nitrogen and oxygen atoms in total. The van der Waals surface area contributed by atoms with Gasteiger partial charge in [-0.05, 0) is 25.0 Å².